The summed E-state index contributed by atoms with van der Waals surface area (Å²) in [6, 6.07) is 28.6. The largest absolute Gasteiger partial charge is 0.325 e. The number of nitrogens with one attached hydrogen (secondary N) is 3. The van der Waals surface area contributed by atoms with Gasteiger partial charge in [0.2, 0.25) is 5.91 Å². The number of hydrogen-bond acceptors (Lipinski definition) is 6. The van der Waals surface area contributed by atoms with E-state index in [9.17, 15) is 24.5 Å². The summed E-state index contributed by atoms with van der Waals surface area (Å²) in [6.07, 6.45) is 1.44. The Kier molecular flexibility index (Phi) is 9.85. The molecule has 0 saturated carbocycles. The van der Waals surface area contributed by atoms with Crippen LogP contribution in [0.15, 0.2) is 114 Å². The molecule has 0 heterocycles. The first-order chi connectivity index (χ1) is 20.2. The van der Waals surface area contributed by atoms with Crippen LogP contribution in [0.4, 0.5) is 17.1 Å². The molecular formula is C32H28N4O5S. The van der Waals surface area contributed by atoms with Crippen molar-refractivity contribution >= 4 is 52.6 Å². The normalized spacial score (nSPS) is 11.7. The highest BCUT2D eigenvalue weighted by molar-refractivity contribution is 8.00. The Balaban J connectivity index is 1.45. The highest BCUT2D eigenvalue weighted by Gasteiger charge is 2.17. The fraction of sp³-hybridized carbons (Fsp3) is 0.0938. The molecule has 3 amide bonds. The highest BCUT2D eigenvalue weighted by Crippen LogP contribution is 2.26. The number of nitro groups is 1. The second-order valence-electron chi connectivity index (χ2n) is 9.27. The minimum atomic E-state index is -0.580. The summed E-state index contributed by atoms with van der Waals surface area (Å²) in [5, 5.41) is 19.0. The molecule has 0 aliphatic carbocycles. The third-order valence-electron chi connectivity index (χ3n) is 6.14. The Morgan fingerprint density at radius 2 is 1.48 bits per heavy atom. The third kappa shape index (κ3) is 8.15. The van der Waals surface area contributed by atoms with Crippen LogP contribution in [0.1, 0.15) is 28.4 Å². The van der Waals surface area contributed by atoms with E-state index in [4.69, 9.17) is 0 Å². The molecule has 9 nitrogen and oxygen atoms in total. The molecule has 0 aromatic heterocycles. The zero-order valence-corrected chi connectivity index (χ0v) is 23.7. The lowest BCUT2D eigenvalue weighted by Gasteiger charge is -2.14. The van der Waals surface area contributed by atoms with E-state index in [1.54, 1.807) is 54.6 Å². The van der Waals surface area contributed by atoms with E-state index in [0.717, 1.165) is 16.1 Å². The van der Waals surface area contributed by atoms with Gasteiger partial charge < -0.3 is 16.0 Å². The Labute approximate surface area is 247 Å². The van der Waals surface area contributed by atoms with E-state index in [1.165, 1.54) is 42.1 Å². The van der Waals surface area contributed by atoms with Gasteiger partial charge in [0.15, 0.2) is 0 Å². The molecule has 0 fully saturated rings. The monoisotopic (exact) mass is 580 g/mol. The van der Waals surface area contributed by atoms with E-state index in [0.29, 0.717) is 16.8 Å². The number of rotatable bonds is 10. The second-order valence-corrected chi connectivity index (χ2v) is 10.7. The molecule has 212 valence electrons. The summed E-state index contributed by atoms with van der Waals surface area (Å²) in [5.74, 6) is -1.19. The van der Waals surface area contributed by atoms with Crippen LogP contribution in [0.2, 0.25) is 0 Å². The van der Waals surface area contributed by atoms with Crippen molar-refractivity contribution in [1.82, 2.24) is 5.32 Å². The van der Waals surface area contributed by atoms with Gasteiger partial charge in [0.05, 0.1) is 10.2 Å². The first kappa shape index (κ1) is 29.8. The van der Waals surface area contributed by atoms with Gasteiger partial charge in [-0.25, -0.2) is 0 Å². The summed E-state index contributed by atoms with van der Waals surface area (Å²) in [7, 11) is 0. The van der Waals surface area contributed by atoms with E-state index in [1.807, 2.05) is 38.1 Å². The van der Waals surface area contributed by atoms with Gasteiger partial charge in [-0.3, -0.25) is 24.5 Å². The number of nitro benzene ring substituents is 1. The van der Waals surface area contributed by atoms with Crippen LogP contribution in [0, 0.1) is 17.0 Å². The van der Waals surface area contributed by atoms with E-state index >= 15 is 0 Å². The molecule has 4 aromatic rings. The predicted octanol–water partition coefficient (Wildman–Crippen LogP) is 6.43. The Bertz CT molecular complexity index is 1620. The van der Waals surface area contributed by atoms with E-state index < -0.39 is 16.7 Å². The number of nitrogens with zero attached hydrogens (tertiary/aromatic N) is 1. The maximum Gasteiger partial charge on any atom is 0.272 e. The van der Waals surface area contributed by atoms with Gasteiger partial charge >= 0.3 is 0 Å². The lowest BCUT2D eigenvalue weighted by atomic mass is 10.1. The van der Waals surface area contributed by atoms with Crippen LogP contribution in [0.5, 0.6) is 0 Å². The number of para-hydroxylation sites is 1. The topological polar surface area (TPSA) is 130 Å². The fourth-order valence-electron chi connectivity index (χ4n) is 3.82. The number of carbonyl (C=O) groups is 3. The van der Waals surface area contributed by atoms with Gasteiger partial charge in [-0.15, -0.1) is 11.8 Å². The van der Waals surface area contributed by atoms with Crippen LogP contribution >= 0.6 is 11.8 Å². The first-order valence-electron chi connectivity index (χ1n) is 13.0. The van der Waals surface area contributed by atoms with Gasteiger partial charge in [-0.05, 0) is 85.6 Å². The van der Waals surface area contributed by atoms with Crippen LogP contribution in [0.3, 0.4) is 0 Å². The maximum absolute atomic E-state index is 13.3. The molecule has 0 radical (unpaired) electrons. The zero-order chi connectivity index (χ0) is 30.1. The van der Waals surface area contributed by atoms with Gasteiger partial charge in [0, 0.05) is 34.0 Å². The minimum absolute atomic E-state index is 0.0438. The van der Waals surface area contributed by atoms with Crippen LogP contribution < -0.4 is 16.0 Å². The number of non-ortho nitro benzene ring substituents is 1. The number of carbonyl (C=O) groups excluding carboxylic acids is 3. The molecular weight excluding hydrogens is 552 g/mol. The summed E-state index contributed by atoms with van der Waals surface area (Å²) < 4.78 is 0. The first-order valence-corrected chi connectivity index (χ1v) is 13.8. The van der Waals surface area contributed by atoms with Crippen molar-refractivity contribution in [3.05, 3.63) is 136 Å². The van der Waals surface area contributed by atoms with Crippen molar-refractivity contribution in [3.8, 4) is 0 Å². The van der Waals surface area contributed by atoms with Crippen molar-refractivity contribution < 1.29 is 19.3 Å². The molecule has 0 spiro atoms. The number of aryl methyl sites for hydroxylation is 1. The Morgan fingerprint density at radius 1 is 0.833 bits per heavy atom. The summed E-state index contributed by atoms with van der Waals surface area (Å²) in [4.78, 5) is 50.1. The molecule has 42 heavy (non-hydrogen) atoms. The van der Waals surface area contributed by atoms with Crippen molar-refractivity contribution in [3.63, 3.8) is 0 Å². The predicted molar refractivity (Wildman–Crippen MR) is 165 cm³/mol. The molecule has 0 saturated heterocycles. The van der Waals surface area contributed by atoms with Crippen LogP contribution in [-0.2, 0) is 9.59 Å². The summed E-state index contributed by atoms with van der Waals surface area (Å²) >= 11 is 1.38. The molecule has 0 aliphatic heterocycles. The third-order valence-corrected chi connectivity index (χ3v) is 7.25. The standard InChI is InChI=1S/C32H28N4O5S/c1-21-8-6-7-11-28(21)34-30(37)22(2)42-27-18-14-25(15-19-27)33-32(39)29(35-31(38)24-9-4-3-5-10-24)20-23-12-16-26(17-13-23)36(40)41/h3-20,22H,1-2H3,(H,33,39)(H,34,37)(H,35,38)/b29-20-. The summed E-state index contributed by atoms with van der Waals surface area (Å²) in [6.45, 7) is 3.75. The van der Waals surface area contributed by atoms with Crippen molar-refractivity contribution in [2.45, 2.75) is 24.0 Å². The second kappa shape index (κ2) is 13.9. The molecule has 0 aliphatic rings. The van der Waals surface area contributed by atoms with Crippen LogP contribution in [0.25, 0.3) is 6.08 Å². The number of anilines is 2. The van der Waals surface area contributed by atoms with Gasteiger partial charge in [0.25, 0.3) is 17.5 Å². The van der Waals surface area contributed by atoms with Gasteiger partial charge in [-0.1, -0.05) is 36.4 Å². The molecule has 10 heteroatoms. The lowest BCUT2D eigenvalue weighted by molar-refractivity contribution is -0.384. The fourth-order valence-corrected chi connectivity index (χ4v) is 4.69. The Hall–Kier alpha value is -5.22. The molecule has 4 rings (SSSR count). The van der Waals surface area contributed by atoms with Crippen molar-refractivity contribution in [2.24, 2.45) is 0 Å². The van der Waals surface area contributed by atoms with Crippen molar-refractivity contribution in [1.29, 1.82) is 0 Å². The smallest absolute Gasteiger partial charge is 0.272 e. The molecule has 1 atom stereocenters. The number of thioether (sulfide) groups is 1. The quantitative estimate of drug-likeness (QED) is 0.0857. The average Bonchev–Trinajstić information content (AvgIpc) is 2.99. The van der Waals surface area contributed by atoms with Gasteiger partial charge in [0.1, 0.15) is 5.70 Å². The molecule has 1 unspecified atom stereocenters. The maximum atomic E-state index is 13.3. The highest BCUT2D eigenvalue weighted by atomic mass is 32.2. The molecule has 0 bridgehead atoms. The number of benzene rings is 4. The number of hydrogen-bond donors (Lipinski definition) is 3. The summed E-state index contributed by atoms with van der Waals surface area (Å²) in [5.41, 5.74) is 2.94. The molecule has 4 aromatic carbocycles. The van der Waals surface area contributed by atoms with Crippen LogP contribution in [-0.4, -0.2) is 27.9 Å². The van der Waals surface area contributed by atoms with E-state index in [-0.39, 0.29) is 22.5 Å². The zero-order valence-electron chi connectivity index (χ0n) is 22.9. The minimum Gasteiger partial charge on any atom is -0.325 e. The Morgan fingerprint density at radius 3 is 2.12 bits per heavy atom. The average molecular weight is 581 g/mol. The van der Waals surface area contributed by atoms with E-state index in [2.05, 4.69) is 16.0 Å². The van der Waals surface area contributed by atoms with Gasteiger partial charge in [-0.2, -0.15) is 0 Å². The SMILES string of the molecule is Cc1ccccc1NC(=O)C(C)Sc1ccc(NC(=O)/C(=C/c2ccc([N+](=O)[O-])cc2)NC(=O)c2ccccc2)cc1. The molecule has 3 N–H and O–H groups in total. The lowest BCUT2D eigenvalue weighted by Crippen LogP contribution is -2.30. The van der Waals surface area contributed by atoms with Crippen molar-refractivity contribution in [2.75, 3.05) is 10.6 Å². The number of amides is 3.